The van der Waals surface area contributed by atoms with Gasteiger partial charge in [-0.1, -0.05) is 18.5 Å². The largest absolute Gasteiger partial charge is 0.465 e. The molecule has 0 amide bonds. The van der Waals surface area contributed by atoms with Crippen LogP contribution in [0.1, 0.15) is 31.2 Å². The fraction of sp³-hybridized carbons (Fsp3) is 0.385. The molecule has 1 aromatic carbocycles. The normalized spacial score (nSPS) is 12.6. The number of rotatable bonds is 4. The van der Waals surface area contributed by atoms with Crippen molar-refractivity contribution in [1.82, 2.24) is 4.98 Å². The summed E-state index contributed by atoms with van der Waals surface area (Å²) in [5.74, 6) is -0.480. The highest BCUT2D eigenvalue weighted by Crippen LogP contribution is 2.31. The number of nitrogens with zero attached hydrogens (tertiary/aromatic N) is 1. The van der Waals surface area contributed by atoms with Gasteiger partial charge in [-0.05, 0) is 31.5 Å². The third kappa shape index (κ3) is 2.65. The zero-order valence-corrected chi connectivity index (χ0v) is 11.8. The first kappa shape index (κ1) is 13.3. The number of thiazole rings is 1. The van der Waals surface area contributed by atoms with Gasteiger partial charge in [0.15, 0.2) is 0 Å². The molecule has 0 saturated carbocycles. The van der Waals surface area contributed by atoms with Crippen LogP contribution >= 0.6 is 22.9 Å². The number of esters is 1. The second-order valence-electron chi connectivity index (χ2n) is 3.88. The highest BCUT2D eigenvalue weighted by atomic mass is 35.5. The maximum Gasteiger partial charge on any atom is 0.315 e. The third-order valence-corrected chi connectivity index (χ3v) is 4.01. The van der Waals surface area contributed by atoms with Crippen LogP contribution in [0.25, 0.3) is 10.2 Å². The molecule has 5 heteroatoms. The second kappa shape index (κ2) is 5.67. The molecule has 0 bridgehead atoms. The van der Waals surface area contributed by atoms with Crippen molar-refractivity contribution in [3.05, 3.63) is 28.2 Å². The molecule has 0 aliphatic rings. The maximum atomic E-state index is 11.8. The molecule has 2 rings (SSSR count). The predicted octanol–water partition coefficient (Wildman–Crippen LogP) is 4.01. The van der Waals surface area contributed by atoms with Crippen molar-refractivity contribution < 1.29 is 9.53 Å². The average molecular weight is 284 g/mol. The van der Waals surface area contributed by atoms with Crippen LogP contribution in [0.2, 0.25) is 5.02 Å². The van der Waals surface area contributed by atoms with Crippen LogP contribution < -0.4 is 0 Å². The summed E-state index contributed by atoms with van der Waals surface area (Å²) >= 11 is 7.44. The summed E-state index contributed by atoms with van der Waals surface area (Å²) in [6, 6.07) is 5.55. The van der Waals surface area contributed by atoms with Gasteiger partial charge in [0.1, 0.15) is 10.9 Å². The van der Waals surface area contributed by atoms with Crippen LogP contribution in [0, 0.1) is 0 Å². The molecule has 1 atom stereocenters. The molecule has 0 aliphatic carbocycles. The van der Waals surface area contributed by atoms with Crippen molar-refractivity contribution in [2.45, 2.75) is 26.2 Å². The van der Waals surface area contributed by atoms with Crippen LogP contribution in [0.15, 0.2) is 18.2 Å². The minimum atomic E-state index is -0.277. The lowest BCUT2D eigenvalue weighted by molar-refractivity contribution is -0.145. The Hall–Kier alpha value is -1.13. The Labute approximate surface area is 115 Å². The molecule has 1 aromatic heterocycles. The first-order valence-corrected chi connectivity index (χ1v) is 7.07. The van der Waals surface area contributed by atoms with E-state index in [1.165, 1.54) is 11.3 Å². The Morgan fingerprint density at radius 1 is 1.50 bits per heavy atom. The number of benzene rings is 1. The lowest BCUT2D eigenvalue weighted by Crippen LogP contribution is -2.14. The van der Waals surface area contributed by atoms with E-state index < -0.39 is 0 Å². The molecular weight excluding hydrogens is 270 g/mol. The number of halogens is 1. The minimum Gasteiger partial charge on any atom is -0.465 e. The zero-order chi connectivity index (χ0) is 13.1. The molecule has 2 aromatic rings. The molecule has 0 fully saturated rings. The van der Waals surface area contributed by atoms with Crippen molar-refractivity contribution in [3.8, 4) is 0 Å². The van der Waals surface area contributed by atoms with E-state index in [9.17, 15) is 4.79 Å². The van der Waals surface area contributed by atoms with E-state index in [0.29, 0.717) is 18.1 Å². The molecule has 0 radical (unpaired) electrons. The summed E-state index contributed by atoms with van der Waals surface area (Å²) in [6.07, 6.45) is 0.687. The van der Waals surface area contributed by atoms with Gasteiger partial charge in [-0.25, -0.2) is 4.98 Å². The quantitative estimate of drug-likeness (QED) is 0.796. The molecular formula is C13H14ClNO2S. The van der Waals surface area contributed by atoms with E-state index in [4.69, 9.17) is 16.3 Å². The topological polar surface area (TPSA) is 39.2 Å². The molecule has 1 heterocycles. The van der Waals surface area contributed by atoms with Crippen LogP contribution in [0.5, 0.6) is 0 Å². The lowest BCUT2D eigenvalue weighted by Gasteiger charge is -2.09. The van der Waals surface area contributed by atoms with E-state index in [1.807, 2.05) is 26.0 Å². The Kier molecular flexibility index (Phi) is 4.19. The van der Waals surface area contributed by atoms with Crippen molar-refractivity contribution in [2.75, 3.05) is 6.61 Å². The Bertz CT molecular complexity index is 567. The number of fused-ring (bicyclic) bond motifs is 1. The Morgan fingerprint density at radius 2 is 2.28 bits per heavy atom. The summed E-state index contributed by atoms with van der Waals surface area (Å²) in [6.45, 7) is 4.16. The van der Waals surface area contributed by atoms with Gasteiger partial charge in [0.25, 0.3) is 0 Å². The summed E-state index contributed by atoms with van der Waals surface area (Å²) in [7, 11) is 0. The van der Waals surface area contributed by atoms with Crippen LogP contribution in [0.3, 0.4) is 0 Å². The van der Waals surface area contributed by atoms with Gasteiger partial charge < -0.3 is 4.74 Å². The molecule has 0 aliphatic heterocycles. The lowest BCUT2D eigenvalue weighted by atomic mass is 10.1. The molecule has 1 unspecified atom stereocenters. The molecule has 0 spiro atoms. The summed E-state index contributed by atoms with van der Waals surface area (Å²) in [5.41, 5.74) is 0.877. The van der Waals surface area contributed by atoms with Crippen molar-refractivity contribution in [2.24, 2.45) is 0 Å². The fourth-order valence-electron chi connectivity index (χ4n) is 1.75. The first-order valence-electron chi connectivity index (χ1n) is 5.88. The molecule has 96 valence electrons. The number of hydrogen-bond donors (Lipinski definition) is 0. The number of carbonyl (C=O) groups excluding carboxylic acids is 1. The van der Waals surface area contributed by atoms with Crippen LogP contribution in [-0.4, -0.2) is 17.6 Å². The van der Waals surface area contributed by atoms with Gasteiger partial charge in [-0.2, -0.15) is 0 Å². The number of carbonyl (C=O) groups is 1. The van der Waals surface area contributed by atoms with E-state index in [0.717, 1.165) is 15.2 Å². The predicted molar refractivity (Wildman–Crippen MR) is 74.3 cm³/mol. The highest BCUT2D eigenvalue weighted by molar-refractivity contribution is 7.18. The first-order chi connectivity index (χ1) is 8.65. The Morgan fingerprint density at radius 3 is 2.94 bits per heavy atom. The molecule has 0 N–H and O–H groups in total. The number of ether oxygens (including phenoxy) is 1. The molecule has 3 nitrogen and oxygen atoms in total. The number of aromatic nitrogens is 1. The summed E-state index contributed by atoms with van der Waals surface area (Å²) in [4.78, 5) is 16.3. The standard InChI is InChI=1S/C13H14ClNO2S/c1-3-9(13(16)17-4-2)12-15-10-6-5-8(14)7-11(10)18-12/h5-7,9H,3-4H2,1-2H3. The van der Waals surface area contributed by atoms with Crippen molar-refractivity contribution in [3.63, 3.8) is 0 Å². The van der Waals surface area contributed by atoms with E-state index >= 15 is 0 Å². The fourth-order valence-corrected chi connectivity index (χ4v) is 3.17. The minimum absolute atomic E-state index is 0.204. The van der Waals surface area contributed by atoms with Crippen molar-refractivity contribution >= 4 is 39.1 Å². The van der Waals surface area contributed by atoms with E-state index in [1.54, 1.807) is 6.07 Å². The van der Waals surface area contributed by atoms with Crippen molar-refractivity contribution in [1.29, 1.82) is 0 Å². The van der Waals surface area contributed by atoms with Gasteiger partial charge >= 0.3 is 5.97 Å². The van der Waals surface area contributed by atoms with Gasteiger partial charge in [-0.3, -0.25) is 4.79 Å². The second-order valence-corrected chi connectivity index (χ2v) is 5.38. The average Bonchev–Trinajstić information content (AvgIpc) is 2.72. The van der Waals surface area contributed by atoms with E-state index in [2.05, 4.69) is 4.98 Å². The monoisotopic (exact) mass is 283 g/mol. The summed E-state index contributed by atoms with van der Waals surface area (Å²) < 4.78 is 6.07. The highest BCUT2D eigenvalue weighted by Gasteiger charge is 2.23. The molecule has 0 saturated heterocycles. The third-order valence-electron chi connectivity index (χ3n) is 2.64. The maximum absolute atomic E-state index is 11.8. The van der Waals surface area contributed by atoms with Gasteiger partial charge in [-0.15, -0.1) is 11.3 Å². The van der Waals surface area contributed by atoms with E-state index in [-0.39, 0.29) is 11.9 Å². The van der Waals surface area contributed by atoms with Gasteiger partial charge in [0.2, 0.25) is 0 Å². The van der Waals surface area contributed by atoms with Gasteiger partial charge in [0, 0.05) is 5.02 Å². The van der Waals surface area contributed by atoms with Crippen LogP contribution in [-0.2, 0) is 9.53 Å². The smallest absolute Gasteiger partial charge is 0.315 e. The van der Waals surface area contributed by atoms with Gasteiger partial charge in [0.05, 0.1) is 16.8 Å². The molecule has 18 heavy (non-hydrogen) atoms. The van der Waals surface area contributed by atoms with Crippen LogP contribution in [0.4, 0.5) is 0 Å². The zero-order valence-electron chi connectivity index (χ0n) is 10.3. The number of hydrogen-bond acceptors (Lipinski definition) is 4. The summed E-state index contributed by atoms with van der Waals surface area (Å²) in [5, 5.41) is 1.48. The SMILES string of the molecule is CCOC(=O)C(CC)c1nc2ccc(Cl)cc2s1. The Balaban J connectivity index is 2.36.